The quantitative estimate of drug-likeness (QED) is 0.0977. The third-order valence-electron chi connectivity index (χ3n) is 17.3. The first-order valence-corrected chi connectivity index (χ1v) is 28.1. The molecule has 6 aliphatic rings. The molecule has 2 unspecified atom stereocenters. The fraction of sp³-hybridized carbons (Fsp3) is 0.544. The van der Waals surface area contributed by atoms with Crippen LogP contribution >= 0.6 is 11.6 Å². The smallest absolute Gasteiger partial charge is 0.406 e. The fourth-order valence-corrected chi connectivity index (χ4v) is 13.2. The molecule has 2 aliphatic carbocycles. The number of aromatic nitrogens is 6. The molecule has 402 valence electrons. The topological polar surface area (TPSA) is 124 Å². The van der Waals surface area contributed by atoms with Crippen molar-refractivity contribution in [2.45, 2.75) is 127 Å². The second-order valence-corrected chi connectivity index (χ2v) is 22.6. The minimum absolute atomic E-state index is 0.00233. The van der Waals surface area contributed by atoms with E-state index in [4.69, 9.17) is 21.6 Å². The lowest BCUT2D eigenvalue weighted by molar-refractivity contribution is -0.274. The molecule has 0 amide bonds. The minimum Gasteiger partial charge on any atom is -0.406 e. The van der Waals surface area contributed by atoms with E-state index in [1.165, 1.54) is 17.7 Å². The van der Waals surface area contributed by atoms with Crippen molar-refractivity contribution in [3.63, 3.8) is 0 Å². The van der Waals surface area contributed by atoms with E-state index in [0.717, 1.165) is 159 Å². The zero-order chi connectivity index (χ0) is 52.1. The molecule has 4 aliphatic heterocycles. The molecule has 12 rings (SSSR count). The molecule has 0 radical (unpaired) electrons. The summed E-state index contributed by atoms with van der Waals surface area (Å²) in [5.41, 5.74) is 3.22. The number of hydrogen-bond acceptors (Lipinski definition) is 13. The first-order valence-electron chi connectivity index (χ1n) is 27.7. The van der Waals surface area contributed by atoms with E-state index < -0.39 is 6.36 Å². The summed E-state index contributed by atoms with van der Waals surface area (Å²) in [6.07, 6.45) is 8.70. The van der Waals surface area contributed by atoms with Crippen molar-refractivity contribution in [2.75, 3.05) is 75.2 Å². The second kappa shape index (κ2) is 21.6. The number of benzene rings is 2. The highest BCUT2D eigenvalue weighted by atomic mass is 35.5. The fourth-order valence-electron chi connectivity index (χ4n) is 13.1. The second-order valence-electron chi connectivity index (χ2n) is 22.2. The summed E-state index contributed by atoms with van der Waals surface area (Å²) in [7, 11) is 0. The first kappa shape index (κ1) is 51.1. The Morgan fingerprint density at radius 2 is 1.12 bits per heavy atom. The number of fused-ring (bicyclic) bond motifs is 2. The van der Waals surface area contributed by atoms with Crippen molar-refractivity contribution < 1.29 is 17.9 Å². The van der Waals surface area contributed by atoms with Crippen molar-refractivity contribution in [3.8, 4) is 5.75 Å². The molecule has 6 aromatic rings. The normalized spacial score (nSPS) is 24.0. The lowest BCUT2D eigenvalue weighted by Crippen LogP contribution is -2.59. The maximum atomic E-state index is 14.8. The lowest BCUT2D eigenvalue weighted by atomic mass is 9.96. The van der Waals surface area contributed by atoms with Crippen molar-refractivity contribution in [1.82, 2.24) is 48.7 Å². The number of hydrogen-bond donors (Lipinski definition) is 0. The van der Waals surface area contributed by atoms with E-state index >= 15 is 0 Å². The van der Waals surface area contributed by atoms with Gasteiger partial charge in [0.1, 0.15) is 5.75 Å². The summed E-state index contributed by atoms with van der Waals surface area (Å²) in [5.74, 6) is 1.59. The van der Waals surface area contributed by atoms with Crippen molar-refractivity contribution >= 4 is 45.6 Å². The molecule has 4 saturated heterocycles. The van der Waals surface area contributed by atoms with E-state index in [1.807, 2.05) is 45.5 Å². The van der Waals surface area contributed by atoms with Crippen molar-refractivity contribution in [2.24, 2.45) is 5.92 Å². The summed E-state index contributed by atoms with van der Waals surface area (Å²) >= 11 is 6.22. The summed E-state index contributed by atoms with van der Waals surface area (Å²) in [4.78, 5) is 63.5. The average Bonchev–Trinajstić information content (AvgIpc) is 4.49. The Balaban J connectivity index is 0.741. The molecule has 0 bridgehead atoms. The van der Waals surface area contributed by atoms with Crippen LogP contribution in [0.3, 0.4) is 0 Å². The Kier molecular flexibility index (Phi) is 14.6. The molecular weight excluding hydrogens is 993 g/mol. The number of rotatable bonds is 15. The van der Waals surface area contributed by atoms with Gasteiger partial charge < -0.3 is 14.5 Å². The van der Waals surface area contributed by atoms with Gasteiger partial charge in [-0.3, -0.25) is 38.3 Å². The Morgan fingerprint density at radius 3 is 1.66 bits per heavy atom. The number of anilines is 2. The van der Waals surface area contributed by atoms with Gasteiger partial charge in [-0.1, -0.05) is 42.8 Å². The summed E-state index contributed by atoms with van der Waals surface area (Å²) < 4.78 is 46.2. The number of piperidine rings is 2. The van der Waals surface area contributed by atoms with Gasteiger partial charge in [0, 0.05) is 106 Å². The highest BCUT2D eigenvalue weighted by Gasteiger charge is 2.45. The van der Waals surface area contributed by atoms with Crippen LogP contribution in [-0.4, -0.2) is 145 Å². The number of nitrogens with zero attached hydrogens (tertiary/aromatic N) is 12. The Morgan fingerprint density at radius 1 is 0.605 bits per heavy atom. The predicted molar refractivity (Wildman–Crippen MR) is 289 cm³/mol. The van der Waals surface area contributed by atoms with Gasteiger partial charge in [-0.05, 0) is 156 Å². The van der Waals surface area contributed by atoms with Crippen LogP contribution in [0.1, 0.15) is 94.3 Å². The molecule has 4 aromatic heterocycles. The van der Waals surface area contributed by atoms with E-state index in [0.29, 0.717) is 46.6 Å². The number of likely N-dealkylation sites (tertiary alicyclic amines) is 2. The number of halogens is 4. The Hall–Kier alpha value is -5.66. The van der Waals surface area contributed by atoms with Gasteiger partial charge in [-0.15, -0.1) is 13.2 Å². The number of pyridine rings is 2. The first-order chi connectivity index (χ1) is 36.9. The molecule has 8 heterocycles. The van der Waals surface area contributed by atoms with Crippen LogP contribution in [0.4, 0.5) is 25.1 Å². The minimum atomic E-state index is -4.71. The molecular formula is C57H68ClF3N12O3. The Labute approximate surface area is 446 Å². The van der Waals surface area contributed by atoms with E-state index in [9.17, 15) is 22.8 Å². The van der Waals surface area contributed by atoms with E-state index in [-0.39, 0.29) is 41.0 Å². The van der Waals surface area contributed by atoms with Gasteiger partial charge in [0.05, 0.1) is 10.8 Å². The monoisotopic (exact) mass is 1060 g/mol. The molecule has 0 spiro atoms. The van der Waals surface area contributed by atoms with Crippen molar-refractivity contribution in [1.29, 1.82) is 0 Å². The predicted octanol–water partition coefficient (Wildman–Crippen LogP) is 8.55. The molecule has 76 heavy (non-hydrogen) atoms. The largest absolute Gasteiger partial charge is 0.573 e. The zero-order valence-electron chi connectivity index (χ0n) is 43.3. The maximum absolute atomic E-state index is 14.8. The third kappa shape index (κ3) is 11.1. The summed E-state index contributed by atoms with van der Waals surface area (Å²) in [6.45, 7) is 12.5. The third-order valence-corrected chi connectivity index (χ3v) is 17.6. The lowest BCUT2D eigenvalue weighted by Gasteiger charge is -2.48. The molecule has 15 nitrogen and oxygen atoms in total. The van der Waals surface area contributed by atoms with Gasteiger partial charge in [0.15, 0.2) is 11.3 Å². The number of alkyl halides is 3. The van der Waals surface area contributed by atoms with Gasteiger partial charge >= 0.3 is 6.36 Å². The molecule has 4 atom stereocenters. The van der Waals surface area contributed by atoms with Crippen LogP contribution in [0.2, 0.25) is 5.02 Å². The van der Waals surface area contributed by atoms with Gasteiger partial charge in [0.2, 0.25) is 11.9 Å². The average molecular weight is 1060 g/mol. The van der Waals surface area contributed by atoms with Crippen LogP contribution in [0, 0.1) is 5.92 Å². The highest BCUT2D eigenvalue weighted by Crippen LogP contribution is 2.48. The van der Waals surface area contributed by atoms with Crippen LogP contribution in [0.15, 0.2) is 94.8 Å². The maximum Gasteiger partial charge on any atom is 0.573 e. The van der Waals surface area contributed by atoms with Gasteiger partial charge in [-0.2, -0.15) is 9.97 Å². The standard InChI is InChI=1S/C57H68ClF3N12O3/c1-2-42-36-68(29-31-70(42)43-19-25-67(26-20-43)35-39-9-17-47(18-10-39)76-57(59,60)61)56-65-52-49(6-4-24-63-52)54(75)73(56)50-33-40(50)11-14-46-37-69(55-64-51-48(5-3-23-62-51)53(74)72(55)45-15-16-45)30-32-71(46)44-21-27-66(28-22-44)34-38-7-12-41(58)13-8-38/h3-10,12-13,17-18,23-24,40,42-46,50H,2,11,14-16,19-22,25-37H2,1H3/t40?,42-,46-,50?/m0/s1. The van der Waals surface area contributed by atoms with Crippen LogP contribution in [-0.2, 0) is 13.1 Å². The van der Waals surface area contributed by atoms with Gasteiger partial charge in [0.25, 0.3) is 11.1 Å². The Bertz CT molecular complexity index is 3120. The zero-order valence-corrected chi connectivity index (χ0v) is 44.0. The molecule has 2 aromatic carbocycles. The van der Waals surface area contributed by atoms with Gasteiger partial charge in [-0.25, -0.2) is 9.97 Å². The number of piperazine rings is 2. The van der Waals surface area contributed by atoms with Crippen LogP contribution in [0.25, 0.3) is 22.1 Å². The summed E-state index contributed by atoms with van der Waals surface area (Å²) in [5, 5.41) is 1.88. The van der Waals surface area contributed by atoms with E-state index in [2.05, 4.69) is 63.2 Å². The molecule has 6 fully saturated rings. The molecule has 0 N–H and O–H groups in total. The molecule has 19 heteroatoms. The van der Waals surface area contributed by atoms with Crippen molar-refractivity contribution in [3.05, 3.63) is 122 Å². The molecule has 2 saturated carbocycles. The highest BCUT2D eigenvalue weighted by molar-refractivity contribution is 6.30. The van der Waals surface area contributed by atoms with Crippen LogP contribution < -0.4 is 25.7 Å². The van der Waals surface area contributed by atoms with Crippen LogP contribution in [0.5, 0.6) is 5.75 Å². The van der Waals surface area contributed by atoms with E-state index in [1.54, 1.807) is 24.5 Å². The SMILES string of the molecule is CC[C@H]1CN(c2nc3ncccc3c(=O)n2C2CC2CC[C@H]2CN(c3nc4ncccc4c(=O)n3C3CC3)CCN2C2CCN(Cc3ccc(Cl)cc3)CC2)CCN1C1CCN(Cc2ccc(OC(F)(F)F)cc2)CC1. The number of ether oxygens (including phenoxy) is 1. The summed E-state index contributed by atoms with van der Waals surface area (Å²) in [6, 6.07) is 23.3.